The molecule has 0 saturated heterocycles. The lowest BCUT2D eigenvalue weighted by atomic mass is 10.1. The molecule has 0 bridgehead atoms. The fraction of sp³-hybridized carbons (Fsp3) is 0.350. The zero-order chi connectivity index (χ0) is 17.4. The number of carbonyl (C=O) groups excluding carboxylic acids is 1. The summed E-state index contributed by atoms with van der Waals surface area (Å²) in [6.45, 7) is 5.14. The molecule has 2 atom stereocenters. The van der Waals surface area contributed by atoms with Crippen molar-refractivity contribution in [2.75, 3.05) is 20.2 Å². The summed E-state index contributed by atoms with van der Waals surface area (Å²) in [7, 11) is 1.94. The van der Waals surface area contributed by atoms with E-state index in [-0.39, 0.29) is 18.0 Å². The van der Waals surface area contributed by atoms with Crippen LogP contribution in [-0.2, 0) is 4.79 Å². The Bertz CT molecular complexity index is 616. The Hall–Kier alpha value is -2.33. The molecule has 0 saturated carbocycles. The lowest BCUT2D eigenvalue weighted by Crippen LogP contribution is -2.45. The SMILES string of the molecule is CC(NC(=O)C(C)N(C)CCOc1ccccc1)c1ccccc1. The summed E-state index contributed by atoms with van der Waals surface area (Å²) in [4.78, 5) is 14.4. The van der Waals surface area contributed by atoms with Gasteiger partial charge in [0.25, 0.3) is 0 Å². The molecule has 0 aliphatic rings. The van der Waals surface area contributed by atoms with E-state index in [1.54, 1.807) is 0 Å². The lowest BCUT2D eigenvalue weighted by molar-refractivity contribution is -0.126. The third kappa shape index (κ3) is 5.39. The van der Waals surface area contributed by atoms with Gasteiger partial charge in [-0.1, -0.05) is 48.5 Å². The van der Waals surface area contributed by atoms with Crippen molar-refractivity contribution in [3.63, 3.8) is 0 Å². The Balaban J connectivity index is 1.77. The average Bonchev–Trinajstić information content (AvgIpc) is 2.62. The molecule has 0 aromatic heterocycles. The second-order valence-corrected chi connectivity index (χ2v) is 5.96. The minimum absolute atomic E-state index is 0.00452. The van der Waals surface area contributed by atoms with Gasteiger partial charge in [-0.15, -0.1) is 0 Å². The fourth-order valence-electron chi connectivity index (χ4n) is 2.38. The van der Waals surface area contributed by atoms with E-state index in [9.17, 15) is 4.79 Å². The number of carbonyl (C=O) groups is 1. The van der Waals surface area contributed by atoms with E-state index in [2.05, 4.69) is 5.32 Å². The topological polar surface area (TPSA) is 41.6 Å². The highest BCUT2D eigenvalue weighted by Gasteiger charge is 2.19. The molecule has 2 unspecified atom stereocenters. The van der Waals surface area contributed by atoms with Gasteiger partial charge in [0.15, 0.2) is 0 Å². The normalized spacial score (nSPS) is 13.3. The molecule has 0 aliphatic heterocycles. The molecule has 0 spiro atoms. The first kappa shape index (κ1) is 18.0. The predicted octanol–water partition coefficient (Wildman–Crippen LogP) is 3.26. The Morgan fingerprint density at radius 1 is 1.04 bits per heavy atom. The van der Waals surface area contributed by atoms with Crippen LogP contribution in [-0.4, -0.2) is 37.0 Å². The Labute approximate surface area is 144 Å². The third-order valence-corrected chi connectivity index (χ3v) is 4.15. The van der Waals surface area contributed by atoms with Crippen molar-refractivity contribution < 1.29 is 9.53 Å². The number of amides is 1. The maximum atomic E-state index is 12.4. The summed E-state index contributed by atoms with van der Waals surface area (Å²) >= 11 is 0. The van der Waals surface area contributed by atoms with Crippen molar-refractivity contribution in [1.82, 2.24) is 10.2 Å². The van der Waals surface area contributed by atoms with Gasteiger partial charge in [-0.25, -0.2) is 0 Å². The Morgan fingerprint density at radius 2 is 1.62 bits per heavy atom. The van der Waals surface area contributed by atoms with Crippen LogP contribution in [0.3, 0.4) is 0 Å². The standard InChI is InChI=1S/C20H26N2O2/c1-16(18-10-6-4-7-11-18)21-20(23)17(2)22(3)14-15-24-19-12-8-5-9-13-19/h4-13,16-17H,14-15H2,1-3H3,(H,21,23). The van der Waals surface area contributed by atoms with Gasteiger partial charge in [0, 0.05) is 6.54 Å². The van der Waals surface area contributed by atoms with Gasteiger partial charge in [0.1, 0.15) is 12.4 Å². The molecule has 0 aliphatic carbocycles. The Morgan fingerprint density at radius 3 is 2.25 bits per heavy atom. The van der Waals surface area contributed by atoms with Crippen molar-refractivity contribution >= 4 is 5.91 Å². The van der Waals surface area contributed by atoms with Crippen LogP contribution < -0.4 is 10.1 Å². The maximum absolute atomic E-state index is 12.4. The van der Waals surface area contributed by atoms with E-state index in [4.69, 9.17) is 4.74 Å². The van der Waals surface area contributed by atoms with E-state index < -0.39 is 0 Å². The molecule has 2 aromatic rings. The van der Waals surface area contributed by atoms with Gasteiger partial charge >= 0.3 is 0 Å². The largest absolute Gasteiger partial charge is 0.492 e. The van der Waals surface area contributed by atoms with E-state index in [1.807, 2.05) is 86.5 Å². The van der Waals surface area contributed by atoms with Gasteiger partial charge in [-0.3, -0.25) is 9.69 Å². The van der Waals surface area contributed by atoms with E-state index in [0.29, 0.717) is 13.2 Å². The highest BCUT2D eigenvalue weighted by molar-refractivity contribution is 5.81. The molecule has 24 heavy (non-hydrogen) atoms. The van der Waals surface area contributed by atoms with Crippen LogP contribution in [0.1, 0.15) is 25.5 Å². The third-order valence-electron chi connectivity index (χ3n) is 4.15. The first-order chi connectivity index (χ1) is 11.6. The molecule has 4 nitrogen and oxygen atoms in total. The van der Waals surface area contributed by atoms with Crippen LogP contribution in [0.2, 0.25) is 0 Å². The second-order valence-electron chi connectivity index (χ2n) is 5.96. The van der Waals surface area contributed by atoms with Gasteiger partial charge in [-0.2, -0.15) is 0 Å². The minimum atomic E-state index is -0.212. The smallest absolute Gasteiger partial charge is 0.237 e. The molecule has 2 aromatic carbocycles. The van der Waals surface area contributed by atoms with Crippen molar-refractivity contribution in [1.29, 1.82) is 0 Å². The summed E-state index contributed by atoms with van der Waals surface area (Å²) in [6.07, 6.45) is 0. The number of hydrogen-bond acceptors (Lipinski definition) is 3. The number of rotatable bonds is 8. The van der Waals surface area contributed by atoms with Crippen molar-refractivity contribution in [2.24, 2.45) is 0 Å². The summed E-state index contributed by atoms with van der Waals surface area (Å²) in [5.74, 6) is 0.870. The highest BCUT2D eigenvalue weighted by atomic mass is 16.5. The number of ether oxygens (including phenoxy) is 1. The summed E-state index contributed by atoms with van der Waals surface area (Å²) < 4.78 is 5.68. The highest BCUT2D eigenvalue weighted by Crippen LogP contribution is 2.12. The van der Waals surface area contributed by atoms with Crippen LogP contribution in [0.4, 0.5) is 0 Å². The zero-order valence-electron chi connectivity index (χ0n) is 14.6. The van der Waals surface area contributed by atoms with Gasteiger partial charge < -0.3 is 10.1 Å². The van der Waals surface area contributed by atoms with Crippen molar-refractivity contribution in [2.45, 2.75) is 25.9 Å². The van der Waals surface area contributed by atoms with Gasteiger partial charge in [0.05, 0.1) is 12.1 Å². The monoisotopic (exact) mass is 326 g/mol. The molecule has 0 heterocycles. The number of nitrogens with one attached hydrogen (secondary N) is 1. The van der Waals surface area contributed by atoms with E-state index in [1.165, 1.54) is 0 Å². The first-order valence-electron chi connectivity index (χ1n) is 8.31. The number of benzene rings is 2. The van der Waals surface area contributed by atoms with E-state index in [0.717, 1.165) is 11.3 Å². The Kier molecular flexibility index (Phi) is 6.82. The second kappa shape index (κ2) is 9.08. The number of likely N-dealkylation sites (N-methyl/N-ethyl adjacent to an activating group) is 1. The molecule has 4 heteroatoms. The first-order valence-corrected chi connectivity index (χ1v) is 8.31. The summed E-state index contributed by atoms with van der Waals surface area (Å²) in [5, 5.41) is 3.06. The van der Waals surface area contributed by atoms with Gasteiger partial charge in [-0.05, 0) is 38.6 Å². The molecule has 0 fully saturated rings. The van der Waals surface area contributed by atoms with Crippen LogP contribution in [0.25, 0.3) is 0 Å². The van der Waals surface area contributed by atoms with Crippen LogP contribution in [0.5, 0.6) is 5.75 Å². The molecule has 2 rings (SSSR count). The molecule has 1 N–H and O–H groups in total. The van der Waals surface area contributed by atoms with Crippen molar-refractivity contribution in [3.05, 3.63) is 66.2 Å². The molecule has 128 valence electrons. The quantitative estimate of drug-likeness (QED) is 0.809. The zero-order valence-corrected chi connectivity index (χ0v) is 14.6. The molecular formula is C20H26N2O2. The maximum Gasteiger partial charge on any atom is 0.237 e. The van der Waals surface area contributed by atoms with Gasteiger partial charge in [0.2, 0.25) is 5.91 Å². The lowest BCUT2D eigenvalue weighted by Gasteiger charge is -2.25. The summed E-state index contributed by atoms with van der Waals surface area (Å²) in [5.41, 5.74) is 1.10. The fourth-order valence-corrected chi connectivity index (χ4v) is 2.38. The van der Waals surface area contributed by atoms with Crippen LogP contribution >= 0.6 is 0 Å². The summed E-state index contributed by atoms with van der Waals surface area (Å²) in [6, 6.07) is 19.5. The number of para-hydroxylation sites is 1. The predicted molar refractivity (Wildman–Crippen MR) is 97.0 cm³/mol. The van der Waals surface area contributed by atoms with E-state index >= 15 is 0 Å². The minimum Gasteiger partial charge on any atom is -0.492 e. The number of hydrogen-bond donors (Lipinski definition) is 1. The molecule has 0 radical (unpaired) electrons. The average molecular weight is 326 g/mol. The van der Waals surface area contributed by atoms with Crippen LogP contribution in [0, 0.1) is 0 Å². The molecular weight excluding hydrogens is 300 g/mol. The number of nitrogens with zero attached hydrogens (tertiary/aromatic N) is 1. The van der Waals surface area contributed by atoms with Crippen molar-refractivity contribution in [3.8, 4) is 5.75 Å². The van der Waals surface area contributed by atoms with Crippen LogP contribution in [0.15, 0.2) is 60.7 Å². The molecule has 1 amide bonds.